The number of hydrogen-bond donors (Lipinski definition) is 2. The Morgan fingerprint density at radius 1 is 1.00 bits per heavy atom. The minimum absolute atomic E-state index is 0. The number of benzene rings is 1. The molecule has 0 aromatic heterocycles. The van der Waals surface area contributed by atoms with Crippen LogP contribution in [0.5, 0.6) is 0 Å². The summed E-state index contributed by atoms with van der Waals surface area (Å²) in [6.07, 6.45) is 0.907. The molecule has 0 aliphatic rings. The predicted molar refractivity (Wildman–Crippen MR) is 61.7 cm³/mol. The van der Waals surface area contributed by atoms with E-state index < -0.39 is 24.3 Å². The Labute approximate surface area is 113 Å². The van der Waals surface area contributed by atoms with Crippen LogP contribution in [0, 0.1) is 0 Å². The Balaban J connectivity index is 0. The number of primary sulfonamides is 2. The van der Waals surface area contributed by atoms with Gasteiger partial charge in [0.05, 0.1) is 0 Å². The standard InChI is InChI=1S/C8H10N2O4S2.Li.H/c9-15(11,12)8(16(10,13)14)6-7-4-2-1-3-5-7;;/h1-6H,(H2,9,11,12)(H2,10,13,14);;/q;+1;-1. The van der Waals surface area contributed by atoms with E-state index in [2.05, 4.69) is 0 Å². The van der Waals surface area contributed by atoms with Crippen LogP contribution in [-0.2, 0) is 20.0 Å². The molecular formula is C8H11LiN2O4S2. The van der Waals surface area contributed by atoms with Crippen molar-refractivity contribution in [3.63, 3.8) is 0 Å². The molecule has 17 heavy (non-hydrogen) atoms. The molecule has 0 heterocycles. The van der Waals surface area contributed by atoms with Gasteiger partial charge in [0.1, 0.15) is 0 Å². The van der Waals surface area contributed by atoms with Crippen LogP contribution in [0.1, 0.15) is 6.99 Å². The van der Waals surface area contributed by atoms with E-state index in [1.165, 1.54) is 12.1 Å². The molecule has 1 rings (SSSR count). The zero-order chi connectivity index (χ0) is 12.4. The van der Waals surface area contributed by atoms with E-state index in [1.54, 1.807) is 18.2 Å². The van der Waals surface area contributed by atoms with Crippen molar-refractivity contribution >= 4 is 26.1 Å². The molecular weight excluding hydrogens is 259 g/mol. The second-order valence-corrected chi connectivity index (χ2v) is 6.28. The van der Waals surface area contributed by atoms with Crippen molar-refractivity contribution in [1.82, 2.24) is 0 Å². The van der Waals surface area contributed by atoms with Crippen molar-refractivity contribution in [3.8, 4) is 0 Å². The first-order valence-corrected chi connectivity index (χ1v) is 7.13. The Hall–Kier alpha value is -0.623. The normalized spacial score (nSPS) is 11.4. The summed E-state index contributed by atoms with van der Waals surface area (Å²) in [7, 11) is -8.75. The summed E-state index contributed by atoms with van der Waals surface area (Å²) in [4.78, 5) is 0. The molecule has 0 saturated carbocycles. The summed E-state index contributed by atoms with van der Waals surface area (Å²) in [5.74, 6) is 0. The van der Waals surface area contributed by atoms with Gasteiger partial charge in [-0.2, -0.15) is 0 Å². The summed E-state index contributed by atoms with van der Waals surface area (Å²) in [5.41, 5.74) is 0.376. The maximum absolute atomic E-state index is 11.0. The van der Waals surface area contributed by atoms with Gasteiger partial charge in [-0.25, -0.2) is 27.1 Å². The fraction of sp³-hybridized carbons (Fsp3) is 0. The summed E-state index contributed by atoms with van der Waals surface area (Å²) < 4.78 is 43.1. The molecule has 0 amide bonds. The quantitative estimate of drug-likeness (QED) is 0.558. The van der Waals surface area contributed by atoms with E-state index >= 15 is 0 Å². The van der Waals surface area contributed by atoms with Gasteiger partial charge in [-0.05, 0) is 11.6 Å². The van der Waals surface area contributed by atoms with Crippen molar-refractivity contribution in [2.45, 2.75) is 0 Å². The van der Waals surface area contributed by atoms with Crippen LogP contribution in [0.3, 0.4) is 0 Å². The van der Waals surface area contributed by atoms with Crippen LogP contribution < -0.4 is 29.1 Å². The summed E-state index contributed by atoms with van der Waals surface area (Å²) in [5, 5.41) is 9.52. The van der Waals surface area contributed by atoms with Gasteiger partial charge in [-0.1, -0.05) is 30.3 Å². The van der Waals surface area contributed by atoms with Gasteiger partial charge in [0.2, 0.25) is 20.0 Å². The van der Waals surface area contributed by atoms with E-state index in [1.807, 2.05) is 0 Å². The monoisotopic (exact) mass is 270 g/mol. The second-order valence-electron chi connectivity index (χ2n) is 2.96. The molecule has 0 spiro atoms. The molecule has 0 radical (unpaired) electrons. The second kappa shape index (κ2) is 5.82. The molecule has 0 bridgehead atoms. The van der Waals surface area contributed by atoms with Gasteiger partial charge in [0, 0.05) is 0 Å². The fourth-order valence-electron chi connectivity index (χ4n) is 1.01. The fourth-order valence-corrected chi connectivity index (χ4v) is 2.91. The van der Waals surface area contributed by atoms with Crippen LogP contribution in [0.2, 0.25) is 0 Å². The number of hydrogen-bond acceptors (Lipinski definition) is 4. The van der Waals surface area contributed by atoms with Gasteiger partial charge in [-0.3, -0.25) is 0 Å². The van der Waals surface area contributed by atoms with Crippen molar-refractivity contribution in [2.24, 2.45) is 10.3 Å². The average Bonchev–Trinajstić information content (AvgIpc) is 2.12. The summed E-state index contributed by atoms with van der Waals surface area (Å²) in [6.45, 7) is 0. The molecule has 6 nitrogen and oxygen atoms in total. The van der Waals surface area contributed by atoms with Crippen LogP contribution in [0.15, 0.2) is 34.6 Å². The first kappa shape index (κ1) is 16.4. The largest absolute Gasteiger partial charge is 1.00 e. The van der Waals surface area contributed by atoms with E-state index in [9.17, 15) is 16.8 Å². The number of rotatable bonds is 3. The first-order chi connectivity index (χ1) is 7.21. The maximum Gasteiger partial charge on any atom is 1.00 e. The first-order valence-electron chi connectivity index (χ1n) is 4.03. The zero-order valence-corrected chi connectivity index (χ0v) is 10.7. The summed E-state index contributed by atoms with van der Waals surface area (Å²) >= 11 is 0. The van der Waals surface area contributed by atoms with Crippen LogP contribution in [0.4, 0.5) is 0 Å². The third-order valence-corrected chi connectivity index (χ3v) is 4.40. The van der Waals surface area contributed by atoms with Gasteiger partial charge in [0.25, 0.3) is 0 Å². The van der Waals surface area contributed by atoms with Crippen molar-refractivity contribution < 1.29 is 37.1 Å². The minimum atomic E-state index is -4.37. The van der Waals surface area contributed by atoms with Crippen molar-refractivity contribution in [3.05, 3.63) is 40.1 Å². The van der Waals surface area contributed by atoms with E-state index in [0.29, 0.717) is 5.56 Å². The molecule has 0 atom stereocenters. The topological polar surface area (TPSA) is 120 Å². The third kappa shape index (κ3) is 5.04. The molecule has 0 saturated heterocycles. The molecule has 1 aromatic carbocycles. The van der Waals surface area contributed by atoms with E-state index in [-0.39, 0.29) is 20.3 Å². The Morgan fingerprint density at radius 3 is 1.76 bits per heavy atom. The van der Waals surface area contributed by atoms with Crippen LogP contribution in [0.25, 0.3) is 6.08 Å². The Kier molecular flexibility index (Phi) is 5.60. The maximum atomic E-state index is 11.0. The van der Waals surface area contributed by atoms with Crippen LogP contribution in [-0.4, -0.2) is 16.8 Å². The SMILES string of the molecule is NS(=O)(=O)C(=Cc1ccccc1)S(N)(=O)=O.[H-].[Li+]. The average molecular weight is 270 g/mol. The molecule has 0 aliphatic heterocycles. The van der Waals surface area contributed by atoms with Crippen molar-refractivity contribution in [1.29, 1.82) is 0 Å². The van der Waals surface area contributed by atoms with Crippen LogP contribution >= 0.6 is 0 Å². The predicted octanol–water partition coefficient (Wildman–Crippen LogP) is -3.32. The number of sulfonamides is 2. The van der Waals surface area contributed by atoms with E-state index in [0.717, 1.165) is 6.08 Å². The Bertz CT molecular complexity index is 580. The summed E-state index contributed by atoms with van der Waals surface area (Å²) in [6, 6.07) is 7.99. The number of nitrogens with two attached hydrogens (primary N) is 2. The molecule has 0 unspecified atom stereocenters. The Morgan fingerprint density at radius 2 is 1.41 bits per heavy atom. The molecule has 90 valence electrons. The van der Waals surface area contributed by atoms with Gasteiger partial charge in [0.15, 0.2) is 4.24 Å². The molecule has 1 aromatic rings. The van der Waals surface area contributed by atoms with E-state index in [4.69, 9.17) is 10.3 Å². The molecule has 9 heteroatoms. The van der Waals surface area contributed by atoms with Gasteiger partial charge in [-0.15, -0.1) is 0 Å². The van der Waals surface area contributed by atoms with Gasteiger partial charge >= 0.3 is 18.9 Å². The molecule has 4 N–H and O–H groups in total. The van der Waals surface area contributed by atoms with Crippen molar-refractivity contribution in [2.75, 3.05) is 0 Å². The molecule has 0 fully saturated rings. The van der Waals surface area contributed by atoms with Gasteiger partial charge < -0.3 is 1.43 Å². The third-order valence-electron chi connectivity index (χ3n) is 1.64. The minimum Gasteiger partial charge on any atom is -1.00 e. The zero-order valence-electron chi connectivity index (χ0n) is 10.1. The molecule has 0 aliphatic carbocycles. The smallest absolute Gasteiger partial charge is 1.00 e.